The Morgan fingerprint density at radius 1 is 1.20 bits per heavy atom. The Balaban J connectivity index is 0.00000200. The van der Waals surface area contributed by atoms with Crippen LogP contribution in [0.2, 0.25) is 0 Å². The van der Waals surface area contributed by atoms with Crippen molar-refractivity contribution in [2.75, 3.05) is 39.3 Å². The summed E-state index contributed by atoms with van der Waals surface area (Å²) in [5.41, 5.74) is -0.739. The Bertz CT molecular complexity index is 465. The lowest BCUT2D eigenvalue weighted by Crippen LogP contribution is -2.68. The third-order valence-electron chi connectivity index (χ3n) is 3.54. The van der Waals surface area contributed by atoms with E-state index < -0.39 is 21.9 Å². The van der Waals surface area contributed by atoms with Crippen molar-refractivity contribution in [1.29, 1.82) is 0 Å². The molecule has 0 aromatic heterocycles. The summed E-state index contributed by atoms with van der Waals surface area (Å²) in [4.78, 5) is 2.23. The molecular formula is C11H22ClN3O4S. The first-order chi connectivity index (χ1) is 8.64. The van der Waals surface area contributed by atoms with Gasteiger partial charge in [0, 0.05) is 25.2 Å². The average molecular weight is 328 g/mol. The summed E-state index contributed by atoms with van der Waals surface area (Å²) in [6.45, 7) is 8.74. The summed E-state index contributed by atoms with van der Waals surface area (Å²) < 4.78 is 32.9. The van der Waals surface area contributed by atoms with Crippen LogP contribution in [0.15, 0.2) is 4.40 Å². The second-order valence-corrected chi connectivity index (χ2v) is 7.94. The summed E-state index contributed by atoms with van der Waals surface area (Å²) in [5, 5.41) is 11.6. The van der Waals surface area contributed by atoms with E-state index in [4.69, 9.17) is 4.74 Å². The van der Waals surface area contributed by atoms with Crippen LogP contribution >= 0.6 is 12.4 Å². The van der Waals surface area contributed by atoms with Crippen molar-refractivity contribution < 1.29 is 22.1 Å². The fourth-order valence-corrected chi connectivity index (χ4v) is 3.79. The number of hydrogen-bond acceptors (Lipinski definition) is 5. The number of ether oxygens (including phenoxy) is 1. The van der Waals surface area contributed by atoms with Crippen LogP contribution in [-0.4, -0.2) is 68.2 Å². The van der Waals surface area contributed by atoms with Gasteiger partial charge in [0.25, 0.3) is 0 Å². The third kappa shape index (κ3) is 3.55. The third-order valence-corrected chi connectivity index (χ3v) is 5.45. The van der Waals surface area contributed by atoms with Gasteiger partial charge >= 0.3 is 10.2 Å². The Hall–Kier alpha value is -0.570. The van der Waals surface area contributed by atoms with Gasteiger partial charge in [-0.2, -0.15) is 3.89 Å². The zero-order chi connectivity index (χ0) is 14.3. The molecule has 0 atom stereocenters. The number of halogens is 1. The monoisotopic (exact) mass is 327 g/mol. The zero-order valence-corrected chi connectivity index (χ0v) is 13.7. The lowest BCUT2D eigenvalue weighted by atomic mass is 10.2. The molecule has 0 saturated carbocycles. The molecule has 118 valence electrons. The van der Waals surface area contributed by atoms with Crippen LogP contribution in [0.1, 0.15) is 20.8 Å². The maximum absolute atomic E-state index is 12.3. The number of piperazine rings is 3. The molecule has 0 amide bonds. The number of fused-ring (bicyclic) bond motifs is 3. The maximum Gasteiger partial charge on any atom is 0.416 e. The first-order valence-corrected chi connectivity index (χ1v) is 7.83. The first kappa shape index (κ1) is 17.5. The van der Waals surface area contributed by atoms with Gasteiger partial charge < -0.3 is 9.84 Å². The van der Waals surface area contributed by atoms with E-state index in [0.717, 1.165) is 19.6 Å². The summed E-state index contributed by atoms with van der Waals surface area (Å²) in [6.07, 6.45) is -1.02. The SMILES string of the molecule is CC(C)(C)OC([O-])=NS(=O)(=O)[N+]12CCN(CC1)CC2.Cl. The van der Waals surface area contributed by atoms with Crippen molar-refractivity contribution in [2.24, 2.45) is 4.40 Å². The van der Waals surface area contributed by atoms with Gasteiger partial charge in [0.1, 0.15) is 19.6 Å². The van der Waals surface area contributed by atoms with E-state index in [2.05, 4.69) is 9.30 Å². The van der Waals surface area contributed by atoms with E-state index in [9.17, 15) is 13.5 Å². The molecule has 20 heavy (non-hydrogen) atoms. The van der Waals surface area contributed by atoms with E-state index in [-0.39, 0.29) is 16.3 Å². The molecule has 3 saturated heterocycles. The van der Waals surface area contributed by atoms with Gasteiger partial charge in [0.2, 0.25) is 0 Å². The largest absolute Gasteiger partial charge is 0.594 e. The molecule has 3 aliphatic rings. The number of rotatable bonds is 2. The van der Waals surface area contributed by atoms with Gasteiger partial charge in [-0.1, -0.05) is 25.2 Å². The van der Waals surface area contributed by atoms with Crippen LogP contribution in [0.25, 0.3) is 0 Å². The molecule has 7 nitrogen and oxygen atoms in total. The van der Waals surface area contributed by atoms with Crippen LogP contribution in [0.4, 0.5) is 0 Å². The lowest BCUT2D eigenvalue weighted by molar-refractivity contribution is -0.823. The Morgan fingerprint density at radius 3 is 2.05 bits per heavy atom. The molecule has 3 heterocycles. The summed E-state index contributed by atoms with van der Waals surface area (Å²) in [5.74, 6) is 0. The van der Waals surface area contributed by atoms with Gasteiger partial charge in [0.05, 0.1) is 0 Å². The van der Waals surface area contributed by atoms with Gasteiger partial charge in [-0.3, -0.25) is 4.90 Å². The topological polar surface area (TPSA) is 82.0 Å². The normalized spacial score (nSPS) is 30.8. The molecular weight excluding hydrogens is 306 g/mol. The molecule has 0 aromatic carbocycles. The van der Waals surface area contributed by atoms with E-state index in [1.54, 1.807) is 20.8 Å². The molecule has 0 spiro atoms. The average Bonchev–Trinajstić information content (AvgIpc) is 2.27. The van der Waals surface area contributed by atoms with Gasteiger partial charge in [-0.05, 0) is 0 Å². The second-order valence-electron chi connectivity index (χ2n) is 6.09. The van der Waals surface area contributed by atoms with Crippen molar-refractivity contribution in [3.8, 4) is 0 Å². The molecule has 3 fully saturated rings. The first-order valence-electron chi connectivity index (χ1n) is 6.43. The molecule has 3 aliphatic heterocycles. The summed E-state index contributed by atoms with van der Waals surface area (Å²) >= 11 is 0. The minimum atomic E-state index is -3.87. The predicted molar refractivity (Wildman–Crippen MR) is 75.7 cm³/mol. The quantitative estimate of drug-likeness (QED) is 0.382. The lowest BCUT2D eigenvalue weighted by Gasteiger charge is -2.47. The highest BCUT2D eigenvalue weighted by Crippen LogP contribution is 2.25. The van der Waals surface area contributed by atoms with E-state index in [1.807, 2.05) is 0 Å². The summed E-state index contributed by atoms with van der Waals surface area (Å²) in [6, 6.07) is 0. The molecule has 0 aromatic rings. The maximum atomic E-state index is 12.3. The van der Waals surface area contributed by atoms with Crippen LogP contribution in [0, 0.1) is 0 Å². The predicted octanol–water partition coefficient (Wildman–Crippen LogP) is -0.670. The number of hydrogen-bond donors (Lipinski definition) is 0. The molecule has 2 bridgehead atoms. The van der Waals surface area contributed by atoms with E-state index in [1.165, 1.54) is 0 Å². The molecule has 3 rings (SSSR count). The Kier molecular flexibility index (Phi) is 4.95. The van der Waals surface area contributed by atoms with Gasteiger partial charge in [-0.25, -0.2) is 0 Å². The van der Waals surface area contributed by atoms with E-state index in [0.29, 0.717) is 19.6 Å². The standard InChI is InChI=1S/C11H21N3O4S.ClH/c1-11(2,3)18-10(15)12-19(16,17)14-7-4-13(5-8-14)6-9-14;/h4-9H2,1-3H3;1H. The fourth-order valence-electron chi connectivity index (χ4n) is 2.45. The smallest absolute Gasteiger partial charge is 0.416 e. The van der Waals surface area contributed by atoms with Crippen molar-refractivity contribution >= 4 is 28.7 Å². The van der Waals surface area contributed by atoms with Crippen LogP contribution < -0.4 is 5.11 Å². The highest BCUT2D eigenvalue weighted by Gasteiger charge is 2.48. The Morgan fingerprint density at radius 2 is 1.65 bits per heavy atom. The number of nitrogens with zero attached hydrogens (tertiary/aromatic N) is 3. The van der Waals surface area contributed by atoms with Gasteiger partial charge in [0.15, 0.2) is 6.08 Å². The van der Waals surface area contributed by atoms with E-state index >= 15 is 0 Å². The van der Waals surface area contributed by atoms with Crippen LogP contribution in [-0.2, 0) is 14.9 Å². The van der Waals surface area contributed by atoms with Crippen LogP contribution in [0.5, 0.6) is 0 Å². The molecule has 9 heteroatoms. The van der Waals surface area contributed by atoms with Gasteiger partial charge in [-0.15, -0.1) is 20.8 Å². The molecule has 0 aliphatic carbocycles. The van der Waals surface area contributed by atoms with Crippen molar-refractivity contribution in [3.63, 3.8) is 0 Å². The minimum absolute atomic E-state index is 0. The molecule has 0 unspecified atom stereocenters. The second kappa shape index (κ2) is 5.67. The molecule has 0 radical (unpaired) electrons. The van der Waals surface area contributed by atoms with Crippen LogP contribution in [0.3, 0.4) is 0 Å². The Labute approximate surface area is 126 Å². The van der Waals surface area contributed by atoms with Crippen molar-refractivity contribution in [3.05, 3.63) is 0 Å². The highest BCUT2D eigenvalue weighted by molar-refractivity contribution is 7.84. The zero-order valence-electron chi connectivity index (χ0n) is 12.0. The number of quaternary nitrogens is 1. The minimum Gasteiger partial charge on any atom is -0.594 e. The highest BCUT2D eigenvalue weighted by atomic mass is 35.5. The fraction of sp³-hybridized carbons (Fsp3) is 0.909. The molecule has 0 N–H and O–H groups in total. The summed E-state index contributed by atoms with van der Waals surface area (Å²) in [7, 11) is -3.87. The van der Waals surface area contributed by atoms with Crippen molar-refractivity contribution in [2.45, 2.75) is 26.4 Å². The van der Waals surface area contributed by atoms with Crippen molar-refractivity contribution in [1.82, 2.24) is 4.90 Å².